The Morgan fingerprint density at radius 3 is 1.53 bits per heavy atom. The molecule has 0 amide bonds. The summed E-state index contributed by atoms with van der Waals surface area (Å²) in [5, 5.41) is 17.4. The predicted octanol–water partition coefficient (Wildman–Crippen LogP) is 2.16. The molecule has 0 heterocycles. The molecule has 0 rings (SSSR count). The highest BCUT2D eigenvalue weighted by molar-refractivity contribution is 4.49. The molecule has 0 aromatic rings. The molecule has 0 aliphatic carbocycles. The van der Waals surface area contributed by atoms with Crippen molar-refractivity contribution < 1.29 is 10.2 Å². The maximum Gasteiger partial charge on any atom is 0.102 e. The summed E-state index contributed by atoms with van der Waals surface area (Å²) in [5.41, 5.74) is 5.24. The first-order chi connectivity index (χ1) is 7.27. The van der Waals surface area contributed by atoms with Crippen molar-refractivity contribution in [1.82, 2.24) is 0 Å². The molecule has 3 nitrogen and oxygen atoms in total. The Morgan fingerprint density at radius 1 is 0.733 bits per heavy atom. The van der Waals surface area contributed by atoms with E-state index in [-0.39, 0.29) is 0 Å². The van der Waals surface area contributed by atoms with E-state index in [1.807, 2.05) is 0 Å². The molecule has 15 heavy (non-hydrogen) atoms. The molecule has 0 bridgehead atoms. The average Bonchev–Trinajstić information content (AvgIpc) is 2.20. The zero-order valence-electron chi connectivity index (χ0n) is 9.83. The van der Waals surface area contributed by atoms with Crippen molar-refractivity contribution in [1.29, 1.82) is 0 Å². The Labute approximate surface area is 93.7 Å². The molecule has 0 aromatic heterocycles. The topological polar surface area (TPSA) is 66.5 Å². The van der Waals surface area contributed by atoms with Gasteiger partial charge in [0.15, 0.2) is 0 Å². The van der Waals surface area contributed by atoms with Crippen LogP contribution in [0.3, 0.4) is 0 Å². The lowest BCUT2D eigenvalue weighted by atomic mass is 10.1. The van der Waals surface area contributed by atoms with Gasteiger partial charge in [-0.25, -0.2) is 0 Å². The van der Waals surface area contributed by atoms with Crippen molar-refractivity contribution in [2.75, 3.05) is 6.61 Å². The van der Waals surface area contributed by atoms with E-state index in [9.17, 15) is 0 Å². The van der Waals surface area contributed by atoms with E-state index in [1.54, 1.807) is 0 Å². The summed E-state index contributed by atoms with van der Waals surface area (Å²) in [6.07, 6.45) is 10.8. The van der Waals surface area contributed by atoms with Gasteiger partial charge >= 0.3 is 0 Å². The van der Waals surface area contributed by atoms with E-state index in [4.69, 9.17) is 15.9 Å². The van der Waals surface area contributed by atoms with Gasteiger partial charge in [0.25, 0.3) is 0 Å². The van der Waals surface area contributed by atoms with Crippen LogP contribution < -0.4 is 5.73 Å². The molecule has 4 N–H and O–H groups in total. The third-order valence-corrected chi connectivity index (χ3v) is 2.66. The standard InChI is InChI=1S/C12H27NO2/c13-12(15)10-8-6-4-2-1-3-5-7-9-11-14/h12,14-15H,1-11,13H2. The smallest absolute Gasteiger partial charge is 0.102 e. The minimum atomic E-state index is -0.622. The summed E-state index contributed by atoms with van der Waals surface area (Å²) in [7, 11) is 0. The lowest BCUT2D eigenvalue weighted by Crippen LogP contribution is -2.17. The molecule has 0 aliphatic rings. The highest BCUT2D eigenvalue weighted by Crippen LogP contribution is 2.10. The molecule has 1 atom stereocenters. The number of nitrogens with two attached hydrogens (primary N) is 1. The maximum absolute atomic E-state index is 8.83. The predicted molar refractivity (Wildman–Crippen MR) is 63.5 cm³/mol. The third-order valence-electron chi connectivity index (χ3n) is 2.66. The normalized spacial score (nSPS) is 13.0. The fourth-order valence-electron chi connectivity index (χ4n) is 1.70. The zero-order valence-corrected chi connectivity index (χ0v) is 9.83. The van der Waals surface area contributed by atoms with Gasteiger partial charge in [-0.15, -0.1) is 0 Å². The number of rotatable bonds is 11. The van der Waals surface area contributed by atoms with Crippen LogP contribution in [0.15, 0.2) is 0 Å². The van der Waals surface area contributed by atoms with Crippen molar-refractivity contribution in [3.8, 4) is 0 Å². The van der Waals surface area contributed by atoms with Gasteiger partial charge in [-0.05, 0) is 19.3 Å². The number of hydrogen-bond acceptors (Lipinski definition) is 3. The minimum Gasteiger partial charge on any atom is -0.396 e. The van der Waals surface area contributed by atoms with Gasteiger partial charge in [0.05, 0.1) is 0 Å². The van der Waals surface area contributed by atoms with E-state index >= 15 is 0 Å². The Kier molecular flexibility index (Phi) is 11.9. The van der Waals surface area contributed by atoms with Crippen molar-refractivity contribution in [2.45, 2.75) is 70.4 Å². The molecule has 0 saturated carbocycles. The first-order valence-corrected chi connectivity index (χ1v) is 6.32. The molecule has 3 heteroatoms. The van der Waals surface area contributed by atoms with Crippen LogP contribution in [0.4, 0.5) is 0 Å². The zero-order chi connectivity index (χ0) is 11.4. The van der Waals surface area contributed by atoms with Gasteiger partial charge in [0.1, 0.15) is 6.23 Å². The van der Waals surface area contributed by atoms with Crippen LogP contribution in [0.5, 0.6) is 0 Å². The number of aliphatic hydroxyl groups excluding tert-OH is 2. The molecule has 0 spiro atoms. The molecule has 0 radical (unpaired) electrons. The second-order valence-corrected chi connectivity index (χ2v) is 4.26. The summed E-state index contributed by atoms with van der Waals surface area (Å²) in [4.78, 5) is 0. The number of aliphatic hydroxyl groups is 2. The van der Waals surface area contributed by atoms with Crippen molar-refractivity contribution in [3.63, 3.8) is 0 Å². The highest BCUT2D eigenvalue weighted by atomic mass is 16.3. The van der Waals surface area contributed by atoms with E-state index in [1.165, 1.54) is 38.5 Å². The fraction of sp³-hybridized carbons (Fsp3) is 1.00. The van der Waals surface area contributed by atoms with Crippen LogP contribution in [0, 0.1) is 0 Å². The van der Waals surface area contributed by atoms with Gasteiger partial charge in [-0.2, -0.15) is 0 Å². The van der Waals surface area contributed by atoms with E-state index in [2.05, 4.69) is 0 Å². The highest BCUT2D eigenvalue weighted by Gasteiger charge is 1.95. The second kappa shape index (κ2) is 12.0. The Bertz CT molecular complexity index is 118. The van der Waals surface area contributed by atoms with Gasteiger partial charge in [0, 0.05) is 6.61 Å². The molecular weight excluding hydrogens is 190 g/mol. The monoisotopic (exact) mass is 217 g/mol. The van der Waals surface area contributed by atoms with Crippen LogP contribution >= 0.6 is 0 Å². The summed E-state index contributed by atoms with van der Waals surface area (Å²) in [6, 6.07) is 0. The van der Waals surface area contributed by atoms with Crippen LogP contribution in [-0.4, -0.2) is 23.0 Å². The molecular formula is C12H27NO2. The van der Waals surface area contributed by atoms with Crippen LogP contribution in [0.1, 0.15) is 64.2 Å². The quantitative estimate of drug-likeness (QED) is 0.367. The Hall–Kier alpha value is -0.120. The molecule has 92 valence electrons. The van der Waals surface area contributed by atoms with E-state index in [0.717, 1.165) is 25.7 Å². The van der Waals surface area contributed by atoms with Crippen molar-refractivity contribution in [2.24, 2.45) is 5.73 Å². The second-order valence-electron chi connectivity index (χ2n) is 4.26. The van der Waals surface area contributed by atoms with Crippen LogP contribution in [0.2, 0.25) is 0 Å². The van der Waals surface area contributed by atoms with Crippen LogP contribution in [0.25, 0.3) is 0 Å². The molecule has 0 saturated heterocycles. The summed E-state index contributed by atoms with van der Waals surface area (Å²) in [6.45, 7) is 0.335. The summed E-state index contributed by atoms with van der Waals surface area (Å²) >= 11 is 0. The fourth-order valence-corrected chi connectivity index (χ4v) is 1.70. The first kappa shape index (κ1) is 14.9. The molecule has 0 fully saturated rings. The Morgan fingerprint density at radius 2 is 1.13 bits per heavy atom. The average molecular weight is 217 g/mol. The molecule has 1 unspecified atom stereocenters. The molecule has 0 aromatic carbocycles. The summed E-state index contributed by atoms with van der Waals surface area (Å²) in [5.74, 6) is 0. The van der Waals surface area contributed by atoms with Crippen molar-refractivity contribution >= 4 is 0 Å². The lowest BCUT2D eigenvalue weighted by Gasteiger charge is -2.04. The lowest BCUT2D eigenvalue weighted by molar-refractivity contribution is 0.168. The first-order valence-electron chi connectivity index (χ1n) is 6.32. The number of hydrogen-bond donors (Lipinski definition) is 3. The SMILES string of the molecule is NC(O)CCCCCCCCCCCO. The van der Waals surface area contributed by atoms with E-state index in [0.29, 0.717) is 6.61 Å². The summed E-state index contributed by atoms with van der Waals surface area (Å²) < 4.78 is 0. The van der Waals surface area contributed by atoms with Crippen LogP contribution in [-0.2, 0) is 0 Å². The minimum absolute atomic E-state index is 0.335. The van der Waals surface area contributed by atoms with Gasteiger partial charge < -0.3 is 15.9 Å². The third kappa shape index (κ3) is 13.9. The number of unbranched alkanes of at least 4 members (excludes halogenated alkanes) is 8. The van der Waals surface area contributed by atoms with Gasteiger partial charge in [-0.1, -0.05) is 44.9 Å². The Balaban J connectivity index is 2.87. The van der Waals surface area contributed by atoms with E-state index < -0.39 is 6.23 Å². The van der Waals surface area contributed by atoms with Crippen molar-refractivity contribution in [3.05, 3.63) is 0 Å². The molecule has 0 aliphatic heterocycles. The largest absolute Gasteiger partial charge is 0.396 e. The van der Waals surface area contributed by atoms with Gasteiger partial charge in [-0.3, -0.25) is 0 Å². The maximum atomic E-state index is 8.83. The van der Waals surface area contributed by atoms with Gasteiger partial charge in [0.2, 0.25) is 0 Å².